The van der Waals surface area contributed by atoms with Gasteiger partial charge in [-0.1, -0.05) is 91.0 Å². The van der Waals surface area contributed by atoms with Gasteiger partial charge in [0.15, 0.2) is 0 Å². The zero-order valence-corrected chi connectivity index (χ0v) is 22.9. The van der Waals surface area contributed by atoms with E-state index < -0.39 is 0 Å². The summed E-state index contributed by atoms with van der Waals surface area (Å²) in [5.74, 6) is 0. The number of fused-ring (bicyclic) bond motifs is 9. The fourth-order valence-electron chi connectivity index (χ4n) is 6.35. The Hall–Kier alpha value is -5.12. The molecule has 0 radical (unpaired) electrons. The summed E-state index contributed by atoms with van der Waals surface area (Å²) in [4.78, 5) is 2.42. The van der Waals surface area contributed by atoms with Crippen LogP contribution in [0.4, 0.5) is 17.1 Å². The van der Waals surface area contributed by atoms with Crippen LogP contribution in [0.3, 0.4) is 0 Å². The predicted molar refractivity (Wildman–Crippen MR) is 176 cm³/mol. The van der Waals surface area contributed by atoms with Crippen molar-refractivity contribution in [3.63, 3.8) is 0 Å². The van der Waals surface area contributed by atoms with Crippen LogP contribution in [-0.2, 0) is 0 Å². The molecular formula is C38H23NOS. The lowest BCUT2D eigenvalue weighted by Gasteiger charge is -2.27. The van der Waals surface area contributed by atoms with Crippen molar-refractivity contribution in [1.29, 1.82) is 0 Å². The molecule has 0 saturated carbocycles. The van der Waals surface area contributed by atoms with Crippen LogP contribution in [0.5, 0.6) is 0 Å². The lowest BCUT2D eigenvalue weighted by Crippen LogP contribution is -2.10. The first kappa shape index (κ1) is 22.7. The first-order valence-electron chi connectivity index (χ1n) is 13.9. The van der Waals surface area contributed by atoms with E-state index >= 15 is 0 Å². The summed E-state index contributed by atoms with van der Waals surface area (Å²) in [6.45, 7) is 0. The van der Waals surface area contributed by atoms with Crippen LogP contribution in [0.1, 0.15) is 0 Å². The molecule has 0 amide bonds. The molecule has 0 aliphatic carbocycles. The molecule has 2 heterocycles. The number of hydrogen-bond acceptors (Lipinski definition) is 3. The molecule has 0 N–H and O–H groups in total. The van der Waals surface area contributed by atoms with Gasteiger partial charge in [-0.2, -0.15) is 0 Å². The molecule has 0 atom stereocenters. The number of anilines is 3. The summed E-state index contributed by atoms with van der Waals surface area (Å²) < 4.78 is 8.80. The molecule has 0 bridgehead atoms. The molecule has 0 aliphatic rings. The van der Waals surface area contributed by atoms with E-state index in [1.807, 2.05) is 23.5 Å². The van der Waals surface area contributed by atoms with Crippen molar-refractivity contribution in [2.45, 2.75) is 0 Å². The maximum Gasteiger partial charge on any atom is 0.135 e. The van der Waals surface area contributed by atoms with Gasteiger partial charge < -0.3 is 9.32 Å². The van der Waals surface area contributed by atoms with Gasteiger partial charge in [0.05, 0.1) is 5.69 Å². The lowest BCUT2D eigenvalue weighted by molar-refractivity contribution is 0.669. The summed E-state index contributed by atoms with van der Waals surface area (Å²) in [7, 11) is 0. The van der Waals surface area contributed by atoms with Crippen molar-refractivity contribution in [3.05, 3.63) is 140 Å². The van der Waals surface area contributed by atoms with Gasteiger partial charge in [0.2, 0.25) is 0 Å². The first-order chi connectivity index (χ1) is 20.3. The van der Waals surface area contributed by atoms with E-state index in [9.17, 15) is 0 Å². The van der Waals surface area contributed by atoms with Crippen LogP contribution in [0.25, 0.3) is 63.7 Å². The van der Waals surface area contributed by atoms with Crippen LogP contribution in [-0.4, -0.2) is 0 Å². The van der Waals surface area contributed by atoms with E-state index in [1.165, 1.54) is 41.7 Å². The Bertz CT molecular complexity index is 2450. The van der Waals surface area contributed by atoms with Gasteiger partial charge in [0.1, 0.15) is 11.2 Å². The zero-order chi connectivity index (χ0) is 26.9. The molecule has 41 heavy (non-hydrogen) atoms. The molecule has 2 nitrogen and oxygen atoms in total. The van der Waals surface area contributed by atoms with E-state index in [-0.39, 0.29) is 0 Å². The maximum atomic E-state index is 6.20. The quantitative estimate of drug-likeness (QED) is 0.207. The standard InChI is InChI=1S/C38H23NOS/c1-2-10-27-24(9-1)21-34(29-12-4-3-11-28(27)29)39(25-18-20-36-33(22-25)30-13-5-7-15-35(30)40-36)26-17-19-32-31-14-6-8-16-37(31)41-38(32)23-26/h1-23H. The van der Waals surface area contributed by atoms with Crippen LogP contribution >= 0.6 is 11.3 Å². The van der Waals surface area contributed by atoms with E-state index in [1.54, 1.807) is 0 Å². The zero-order valence-electron chi connectivity index (χ0n) is 22.0. The number of rotatable bonds is 3. The smallest absolute Gasteiger partial charge is 0.135 e. The van der Waals surface area contributed by atoms with Gasteiger partial charge in [-0.15, -0.1) is 11.3 Å². The molecule has 2 aromatic heterocycles. The van der Waals surface area contributed by atoms with Gasteiger partial charge in [-0.3, -0.25) is 0 Å². The Kier molecular flexibility index (Phi) is 4.80. The van der Waals surface area contributed by atoms with Crippen molar-refractivity contribution in [1.82, 2.24) is 0 Å². The van der Waals surface area contributed by atoms with Crippen molar-refractivity contribution in [3.8, 4) is 0 Å². The normalized spacial score (nSPS) is 11.9. The highest BCUT2D eigenvalue weighted by molar-refractivity contribution is 7.25. The van der Waals surface area contributed by atoms with Crippen LogP contribution in [0, 0.1) is 0 Å². The fraction of sp³-hybridized carbons (Fsp3) is 0. The average molecular weight is 542 g/mol. The molecule has 192 valence electrons. The molecule has 9 aromatic rings. The number of furan rings is 1. The van der Waals surface area contributed by atoms with Crippen molar-refractivity contribution < 1.29 is 4.42 Å². The third-order valence-electron chi connectivity index (χ3n) is 8.23. The Morgan fingerprint density at radius 2 is 1.05 bits per heavy atom. The summed E-state index contributed by atoms with van der Waals surface area (Å²) in [5, 5.41) is 9.83. The second-order valence-corrected chi connectivity index (χ2v) is 11.6. The van der Waals surface area contributed by atoms with E-state index in [2.05, 4.69) is 132 Å². The Balaban J connectivity index is 1.37. The monoisotopic (exact) mass is 541 g/mol. The third-order valence-corrected chi connectivity index (χ3v) is 9.36. The fourth-order valence-corrected chi connectivity index (χ4v) is 7.49. The Labute approximate surface area is 240 Å². The van der Waals surface area contributed by atoms with Crippen molar-refractivity contribution in [2.75, 3.05) is 4.90 Å². The number of thiophene rings is 1. The minimum Gasteiger partial charge on any atom is -0.456 e. The van der Waals surface area contributed by atoms with Crippen LogP contribution in [0.2, 0.25) is 0 Å². The number of benzene rings is 7. The maximum absolute atomic E-state index is 6.20. The van der Waals surface area contributed by atoms with E-state index in [4.69, 9.17) is 4.42 Å². The summed E-state index contributed by atoms with van der Waals surface area (Å²) >= 11 is 1.85. The van der Waals surface area contributed by atoms with Crippen LogP contribution < -0.4 is 4.90 Å². The van der Waals surface area contributed by atoms with Crippen molar-refractivity contribution in [2.24, 2.45) is 0 Å². The SMILES string of the molecule is c1ccc2c(c1)cc(N(c1ccc3c(c1)sc1ccccc13)c1ccc3oc4ccccc4c3c1)c1ccccc12. The van der Waals surface area contributed by atoms with Gasteiger partial charge in [-0.25, -0.2) is 0 Å². The number of para-hydroxylation sites is 1. The molecule has 0 saturated heterocycles. The van der Waals surface area contributed by atoms with Gasteiger partial charge >= 0.3 is 0 Å². The van der Waals surface area contributed by atoms with E-state index in [0.717, 1.165) is 39.0 Å². The Morgan fingerprint density at radius 3 is 1.95 bits per heavy atom. The summed E-state index contributed by atoms with van der Waals surface area (Å²) in [6, 6.07) is 50.2. The average Bonchev–Trinajstić information content (AvgIpc) is 3.59. The predicted octanol–water partition coefficient (Wildman–Crippen LogP) is 11.7. The molecular weight excluding hydrogens is 518 g/mol. The highest BCUT2D eigenvalue weighted by atomic mass is 32.1. The summed E-state index contributed by atoms with van der Waals surface area (Å²) in [5.41, 5.74) is 5.21. The highest BCUT2D eigenvalue weighted by Crippen LogP contribution is 2.45. The molecule has 0 unspecified atom stereocenters. The van der Waals surface area contributed by atoms with Gasteiger partial charge in [-0.05, 0) is 64.7 Å². The van der Waals surface area contributed by atoms with Crippen molar-refractivity contribution >= 4 is 92.1 Å². The van der Waals surface area contributed by atoms with Gasteiger partial charge in [0, 0.05) is 47.7 Å². The topological polar surface area (TPSA) is 16.4 Å². The van der Waals surface area contributed by atoms with E-state index in [0.29, 0.717) is 0 Å². The molecule has 0 spiro atoms. The minimum absolute atomic E-state index is 0.901. The Morgan fingerprint density at radius 1 is 0.415 bits per heavy atom. The largest absolute Gasteiger partial charge is 0.456 e. The highest BCUT2D eigenvalue weighted by Gasteiger charge is 2.20. The second kappa shape index (κ2) is 8.69. The number of nitrogens with zero attached hydrogens (tertiary/aromatic N) is 1. The lowest BCUT2D eigenvalue weighted by atomic mass is 9.98. The molecule has 3 heteroatoms. The van der Waals surface area contributed by atoms with Crippen LogP contribution in [0.15, 0.2) is 144 Å². The second-order valence-electron chi connectivity index (χ2n) is 10.6. The summed E-state index contributed by atoms with van der Waals surface area (Å²) in [6.07, 6.45) is 0. The molecule has 9 rings (SSSR count). The van der Waals surface area contributed by atoms with Gasteiger partial charge in [0.25, 0.3) is 0 Å². The molecule has 7 aromatic carbocycles. The minimum atomic E-state index is 0.901. The number of hydrogen-bond donors (Lipinski definition) is 0. The molecule has 0 aliphatic heterocycles. The first-order valence-corrected chi connectivity index (χ1v) is 14.7. The molecule has 0 fully saturated rings. The third kappa shape index (κ3) is 3.43.